The van der Waals surface area contributed by atoms with Crippen LogP contribution in [0.2, 0.25) is 0 Å². The lowest BCUT2D eigenvalue weighted by molar-refractivity contribution is -0.142. The van der Waals surface area contributed by atoms with Crippen molar-refractivity contribution < 1.29 is 36.6 Å². The molecule has 1 saturated heterocycles. The van der Waals surface area contributed by atoms with Crippen LogP contribution in [-0.4, -0.2) is 74.1 Å². The minimum absolute atomic E-state index is 0.0546. The van der Waals surface area contributed by atoms with Crippen molar-refractivity contribution >= 4 is 32.9 Å². The number of rotatable bonds is 7. The summed E-state index contributed by atoms with van der Waals surface area (Å²) < 4.78 is 64.0. The van der Waals surface area contributed by atoms with Crippen LogP contribution in [-0.2, 0) is 24.4 Å². The molecule has 1 unspecified atom stereocenters. The van der Waals surface area contributed by atoms with Crippen LogP contribution in [0.3, 0.4) is 0 Å². The van der Waals surface area contributed by atoms with Gasteiger partial charge < -0.3 is 23.9 Å². The highest BCUT2D eigenvalue weighted by molar-refractivity contribution is 7.87. The molecule has 2 aliphatic heterocycles. The number of nitrogens with zero attached hydrogens (tertiary/aromatic N) is 2. The van der Waals surface area contributed by atoms with Crippen molar-refractivity contribution in [1.82, 2.24) is 19.0 Å². The van der Waals surface area contributed by atoms with Gasteiger partial charge in [-0.2, -0.15) is 12.7 Å². The second kappa shape index (κ2) is 10.6. The normalized spacial score (nSPS) is 19.6. The van der Waals surface area contributed by atoms with E-state index in [1.165, 1.54) is 19.2 Å². The molecule has 2 N–H and O–H groups in total. The predicted octanol–water partition coefficient (Wildman–Crippen LogP) is 3.59. The average molecular weight is 561 g/mol. The molecule has 1 fully saturated rings. The van der Waals surface area contributed by atoms with Crippen LogP contribution in [0.4, 0.5) is 9.18 Å². The van der Waals surface area contributed by atoms with Gasteiger partial charge in [-0.15, -0.1) is 0 Å². The Hall–Kier alpha value is -3.52. The Kier molecular flexibility index (Phi) is 7.33. The fraction of sp³-hybridized carbons (Fsp3) is 0.385. The van der Waals surface area contributed by atoms with Crippen molar-refractivity contribution in [3.8, 4) is 16.9 Å². The number of methoxy groups -OCH3 is 1. The van der Waals surface area contributed by atoms with E-state index in [9.17, 15) is 17.6 Å². The van der Waals surface area contributed by atoms with Gasteiger partial charge in [-0.3, -0.25) is 0 Å². The molecule has 0 spiro atoms. The minimum Gasteiger partial charge on any atom is -0.496 e. The first-order valence-electron chi connectivity index (χ1n) is 12.3. The van der Waals surface area contributed by atoms with Gasteiger partial charge in [0.1, 0.15) is 29.9 Å². The number of halogens is 1. The molecule has 2 aliphatic rings. The Morgan fingerprint density at radius 1 is 1.28 bits per heavy atom. The SMILES string of the molecule is COc1ccc(F)cc1-c1ccnc2[nH]c(C3=CCN(S(=O)(=O)NC(=O)OCC4COC(C)(C)O4)CC3)cc12. The zero-order valence-corrected chi connectivity index (χ0v) is 22.5. The van der Waals surface area contributed by atoms with E-state index in [4.69, 9.17) is 18.9 Å². The summed E-state index contributed by atoms with van der Waals surface area (Å²) in [6.07, 6.45) is 2.24. The summed E-state index contributed by atoms with van der Waals surface area (Å²) in [6, 6.07) is 8.02. The van der Waals surface area contributed by atoms with Gasteiger partial charge in [-0.1, -0.05) is 6.08 Å². The van der Waals surface area contributed by atoms with Crippen LogP contribution in [0, 0.1) is 5.82 Å². The Bertz CT molecular complexity index is 1540. The Morgan fingerprint density at radius 3 is 2.79 bits per heavy atom. The van der Waals surface area contributed by atoms with Crippen LogP contribution in [0.25, 0.3) is 27.7 Å². The van der Waals surface area contributed by atoms with Crippen molar-refractivity contribution in [1.29, 1.82) is 0 Å². The zero-order chi connectivity index (χ0) is 27.8. The third-order valence-electron chi connectivity index (χ3n) is 6.52. The maximum Gasteiger partial charge on any atom is 0.422 e. The predicted molar refractivity (Wildman–Crippen MR) is 141 cm³/mol. The van der Waals surface area contributed by atoms with Crippen molar-refractivity contribution in [2.45, 2.75) is 32.2 Å². The van der Waals surface area contributed by atoms with Crippen LogP contribution < -0.4 is 9.46 Å². The summed E-state index contributed by atoms with van der Waals surface area (Å²) in [5.41, 5.74) is 3.61. The van der Waals surface area contributed by atoms with E-state index in [0.717, 1.165) is 26.5 Å². The third kappa shape index (κ3) is 5.91. The maximum atomic E-state index is 14.0. The molecule has 39 heavy (non-hydrogen) atoms. The molecule has 4 heterocycles. The number of amides is 1. The van der Waals surface area contributed by atoms with E-state index in [1.54, 1.807) is 38.3 Å². The lowest BCUT2D eigenvalue weighted by Gasteiger charge is -2.25. The highest BCUT2D eigenvalue weighted by atomic mass is 32.2. The van der Waals surface area contributed by atoms with Gasteiger partial charge in [0.15, 0.2) is 5.79 Å². The number of ether oxygens (including phenoxy) is 4. The van der Waals surface area contributed by atoms with Gasteiger partial charge in [0.25, 0.3) is 0 Å². The molecule has 5 rings (SSSR count). The van der Waals surface area contributed by atoms with Crippen molar-refractivity contribution in [3.63, 3.8) is 0 Å². The molecule has 208 valence electrons. The largest absolute Gasteiger partial charge is 0.496 e. The number of carbonyl (C=O) groups is 1. The van der Waals surface area contributed by atoms with Gasteiger partial charge in [-0.25, -0.2) is 18.9 Å². The second-order valence-electron chi connectivity index (χ2n) is 9.64. The van der Waals surface area contributed by atoms with E-state index >= 15 is 0 Å². The first-order valence-corrected chi connectivity index (χ1v) is 13.8. The Balaban J connectivity index is 1.27. The number of benzene rings is 1. The second-order valence-corrected chi connectivity index (χ2v) is 11.3. The molecule has 2 aromatic heterocycles. The summed E-state index contributed by atoms with van der Waals surface area (Å²) in [4.78, 5) is 19.8. The smallest absolute Gasteiger partial charge is 0.422 e. The maximum absolute atomic E-state index is 14.0. The first-order chi connectivity index (χ1) is 18.5. The molecule has 0 radical (unpaired) electrons. The number of nitrogens with one attached hydrogen (secondary N) is 2. The molecule has 0 bridgehead atoms. The number of pyridine rings is 1. The summed E-state index contributed by atoms with van der Waals surface area (Å²) in [5, 5.41) is 0.775. The van der Waals surface area contributed by atoms with Crippen molar-refractivity contribution in [2.24, 2.45) is 0 Å². The van der Waals surface area contributed by atoms with E-state index in [2.05, 4.69) is 9.97 Å². The summed E-state index contributed by atoms with van der Waals surface area (Å²) in [5.74, 6) is -0.628. The molecule has 13 heteroatoms. The molecule has 0 saturated carbocycles. The fourth-order valence-corrected chi connectivity index (χ4v) is 5.65. The quantitative estimate of drug-likeness (QED) is 0.448. The van der Waals surface area contributed by atoms with Crippen molar-refractivity contribution in [2.75, 3.05) is 33.4 Å². The molecule has 0 aliphatic carbocycles. The number of aromatic amines is 1. The van der Waals surface area contributed by atoms with Crippen LogP contribution >= 0.6 is 0 Å². The highest BCUT2D eigenvalue weighted by Crippen LogP contribution is 2.36. The average Bonchev–Trinajstić information content (AvgIpc) is 3.50. The topological polar surface area (TPSA) is 132 Å². The lowest BCUT2D eigenvalue weighted by Crippen LogP contribution is -2.45. The van der Waals surface area contributed by atoms with E-state index in [1.807, 2.05) is 10.8 Å². The fourth-order valence-electron chi connectivity index (χ4n) is 4.65. The van der Waals surface area contributed by atoms with Crippen LogP contribution in [0.5, 0.6) is 5.75 Å². The lowest BCUT2D eigenvalue weighted by atomic mass is 10.0. The summed E-state index contributed by atoms with van der Waals surface area (Å²) >= 11 is 0. The Morgan fingerprint density at radius 2 is 2.10 bits per heavy atom. The molecular formula is C26H29FN4O7S. The van der Waals surface area contributed by atoms with Gasteiger partial charge in [0.05, 0.1) is 13.7 Å². The summed E-state index contributed by atoms with van der Waals surface area (Å²) in [6.45, 7) is 3.79. The van der Waals surface area contributed by atoms with Gasteiger partial charge in [-0.05, 0) is 61.7 Å². The molecule has 1 amide bonds. The first kappa shape index (κ1) is 27.1. The summed E-state index contributed by atoms with van der Waals surface area (Å²) in [7, 11) is -2.59. The van der Waals surface area contributed by atoms with Gasteiger partial charge in [0, 0.05) is 35.9 Å². The molecule has 3 aromatic rings. The van der Waals surface area contributed by atoms with Crippen LogP contribution in [0.1, 0.15) is 26.0 Å². The van der Waals surface area contributed by atoms with Crippen LogP contribution in [0.15, 0.2) is 42.6 Å². The van der Waals surface area contributed by atoms with E-state index < -0.39 is 28.2 Å². The molecular weight excluding hydrogens is 531 g/mol. The number of aromatic nitrogens is 2. The third-order valence-corrected chi connectivity index (χ3v) is 7.96. The van der Waals surface area contributed by atoms with E-state index in [0.29, 0.717) is 23.4 Å². The molecule has 1 aromatic carbocycles. The van der Waals surface area contributed by atoms with E-state index in [-0.39, 0.29) is 32.1 Å². The number of hydrogen-bond donors (Lipinski definition) is 2. The number of H-pyrrole nitrogens is 1. The highest BCUT2D eigenvalue weighted by Gasteiger charge is 2.34. The van der Waals surface area contributed by atoms with Gasteiger partial charge >= 0.3 is 16.3 Å². The van der Waals surface area contributed by atoms with Gasteiger partial charge in [0.2, 0.25) is 0 Å². The zero-order valence-electron chi connectivity index (χ0n) is 21.7. The minimum atomic E-state index is -4.12. The monoisotopic (exact) mass is 560 g/mol. The molecule has 11 nitrogen and oxygen atoms in total. The number of carbonyl (C=O) groups excluding carboxylic acids is 1. The standard InChI is InChI=1S/C26H29FN4O7S/c1-26(2)37-15-18(38-26)14-36-25(32)30-39(33,34)31-10-7-16(8-11-31)22-13-21-19(6-9-28-24(21)29-22)20-12-17(27)4-5-23(20)35-3/h4-7,9,12-13,18H,8,10-11,14-15H2,1-3H3,(H,28,29)(H,30,32). The number of hydrogen-bond acceptors (Lipinski definition) is 8. The van der Waals surface area contributed by atoms with Crippen molar-refractivity contribution in [3.05, 3.63) is 54.1 Å². The Labute approximate surface area is 225 Å². The number of fused-ring (bicyclic) bond motifs is 1. The molecule has 1 atom stereocenters.